The number of fused-ring (bicyclic) bond motifs is 7. The number of hydrogen-bond acceptors (Lipinski definition) is 3. The second-order valence-corrected chi connectivity index (χ2v) is 13.4. The Kier molecular flexibility index (Phi) is 5.52. The molecular weight excluding hydrogens is 591 g/mol. The molecule has 0 saturated heterocycles. The molecule has 0 aliphatic heterocycles. The van der Waals surface area contributed by atoms with Gasteiger partial charge < -0.3 is 0 Å². The highest BCUT2D eigenvalue weighted by Crippen LogP contribution is 2.54. The molecule has 9 aromatic rings. The van der Waals surface area contributed by atoms with E-state index in [1.807, 2.05) is 35.6 Å². The van der Waals surface area contributed by atoms with Gasteiger partial charge in [0.25, 0.3) is 0 Å². The van der Waals surface area contributed by atoms with Crippen LogP contribution >= 0.6 is 11.3 Å². The summed E-state index contributed by atoms with van der Waals surface area (Å²) >= 11 is 1.87. The standard InChI is InChI=1S/C43H27N3S/c1-3-4-14-27-25(2)47-43-39(27)32-19-10-17-30-28-15-8-9-16-29(28)31-18-11-20-36-40(31)41(38(30)32)42(43)46(36)37-24-23-34-35(45-37)22-21-33(44-34)26-12-6-5-7-13-26/h3-24H,1H2,2H3/b14-4-. The molecule has 10 rings (SSSR count). The number of hydrogen-bond donors (Lipinski definition) is 0. The largest absolute Gasteiger partial charge is 0.292 e. The monoisotopic (exact) mass is 617 g/mol. The Labute approximate surface area is 275 Å². The van der Waals surface area contributed by atoms with Gasteiger partial charge in [-0.1, -0.05) is 110 Å². The quantitative estimate of drug-likeness (QED) is 0.184. The van der Waals surface area contributed by atoms with Gasteiger partial charge in [-0.2, -0.15) is 0 Å². The second kappa shape index (κ2) is 9.83. The molecule has 0 radical (unpaired) electrons. The van der Waals surface area contributed by atoms with Gasteiger partial charge in [-0.25, -0.2) is 9.97 Å². The second-order valence-electron chi connectivity index (χ2n) is 12.2. The van der Waals surface area contributed by atoms with Crippen LogP contribution in [0.3, 0.4) is 0 Å². The summed E-state index contributed by atoms with van der Waals surface area (Å²) in [5.41, 5.74) is 12.5. The van der Waals surface area contributed by atoms with Gasteiger partial charge in [0.2, 0.25) is 0 Å². The van der Waals surface area contributed by atoms with Crippen molar-refractivity contribution in [2.75, 3.05) is 0 Å². The summed E-state index contributed by atoms with van der Waals surface area (Å²) in [6, 6.07) is 41.2. The average Bonchev–Trinajstić information content (AvgIpc) is 3.61. The zero-order chi connectivity index (χ0) is 31.2. The van der Waals surface area contributed by atoms with Crippen LogP contribution in [-0.2, 0) is 0 Å². The lowest BCUT2D eigenvalue weighted by Gasteiger charge is -2.15. The Bertz CT molecular complexity index is 2820. The van der Waals surface area contributed by atoms with E-state index in [1.54, 1.807) is 0 Å². The molecule has 1 aliphatic rings. The lowest BCUT2D eigenvalue weighted by atomic mass is 9.92. The minimum absolute atomic E-state index is 0.875. The van der Waals surface area contributed by atoms with Gasteiger partial charge in [-0.15, -0.1) is 11.3 Å². The van der Waals surface area contributed by atoms with Crippen molar-refractivity contribution in [1.29, 1.82) is 0 Å². The predicted molar refractivity (Wildman–Crippen MR) is 201 cm³/mol. The van der Waals surface area contributed by atoms with Crippen molar-refractivity contribution in [3.05, 3.63) is 144 Å². The Morgan fingerprint density at radius 1 is 0.638 bits per heavy atom. The Morgan fingerprint density at radius 2 is 1.34 bits per heavy atom. The number of thiophene rings is 1. The topological polar surface area (TPSA) is 30.7 Å². The zero-order valence-electron chi connectivity index (χ0n) is 25.7. The predicted octanol–water partition coefficient (Wildman–Crippen LogP) is 11.9. The molecule has 0 saturated carbocycles. The third kappa shape index (κ3) is 3.62. The molecule has 0 bridgehead atoms. The summed E-state index contributed by atoms with van der Waals surface area (Å²) in [5, 5.41) is 6.45. The first-order valence-electron chi connectivity index (χ1n) is 15.9. The van der Waals surface area contributed by atoms with Gasteiger partial charge in [0.05, 0.1) is 32.5 Å². The fourth-order valence-corrected chi connectivity index (χ4v) is 8.92. The van der Waals surface area contributed by atoms with Crippen LogP contribution in [-0.4, -0.2) is 14.5 Å². The molecule has 4 aromatic heterocycles. The number of nitrogens with zero attached hydrogens (tertiary/aromatic N) is 3. The van der Waals surface area contributed by atoms with Crippen molar-refractivity contribution in [3.63, 3.8) is 0 Å². The summed E-state index contributed by atoms with van der Waals surface area (Å²) < 4.78 is 3.68. The van der Waals surface area contributed by atoms with Crippen LogP contribution in [0.15, 0.2) is 134 Å². The first-order chi connectivity index (χ1) is 23.2. The van der Waals surface area contributed by atoms with Gasteiger partial charge >= 0.3 is 0 Å². The van der Waals surface area contributed by atoms with Crippen molar-refractivity contribution in [2.45, 2.75) is 6.92 Å². The molecular formula is C43H27N3S. The maximum absolute atomic E-state index is 5.31. The average molecular weight is 618 g/mol. The zero-order valence-corrected chi connectivity index (χ0v) is 26.5. The molecule has 0 spiro atoms. The Morgan fingerprint density at radius 3 is 2.15 bits per heavy atom. The highest BCUT2D eigenvalue weighted by molar-refractivity contribution is 7.20. The van der Waals surface area contributed by atoms with Crippen molar-refractivity contribution in [1.82, 2.24) is 14.5 Å². The fourth-order valence-electron chi connectivity index (χ4n) is 7.72. The van der Waals surface area contributed by atoms with Crippen LogP contribution in [0.5, 0.6) is 0 Å². The highest BCUT2D eigenvalue weighted by Gasteiger charge is 2.28. The first-order valence-corrected chi connectivity index (χ1v) is 16.7. The lowest BCUT2D eigenvalue weighted by molar-refractivity contribution is 1.10. The van der Waals surface area contributed by atoms with E-state index in [4.69, 9.17) is 9.97 Å². The van der Waals surface area contributed by atoms with Crippen LogP contribution in [0.25, 0.3) is 99.1 Å². The first kappa shape index (κ1) is 26.4. The maximum atomic E-state index is 5.31. The maximum Gasteiger partial charge on any atom is 0.138 e. The lowest BCUT2D eigenvalue weighted by Crippen LogP contribution is -1.99. The van der Waals surface area contributed by atoms with Gasteiger partial charge in [-0.05, 0) is 70.5 Å². The van der Waals surface area contributed by atoms with Crippen molar-refractivity contribution in [2.24, 2.45) is 0 Å². The molecule has 220 valence electrons. The Hall–Kier alpha value is -5.84. The third-order valence-electron chi connectivity index (χ3n) is 9.66. The van der Waals surface area contributed by atoms with Crippen LogP contribution in [0.4, 0.5) is 0 Å². The van der Waals surface area contributed by atoms with Crippen LogP contribution in [0, 0.1) is 6.92 Å². The van der Waals surface area contributed by atoms with Crippen molar-refractivity contribution >= 4 is 71.1 Å². The summed E-state index contributed by atoms with van der Waals surface area (Å²) in [7, 11) is 0. The van der Waals surface area contributed by atoms with Gasteiger partial charge in [0.15, 0.2) is 0 Å². The van der Waals surface area contributed by atoms with Crippen LogP contribution < -0.4 is 0 Å². The van der Waals surface area contributed by atoms with E-state index in [9.17, 15) is 0 Å². The van der Waals surface area contributed by atoms with Crippen LogP contribution in [0.2, 0.25) is 0 Å². The number of aromatic nitrogens is 3. The van der Waals surface area contributed by atoms with E-state index in [1.165, 1.54) is 69.8 Å². The molecule has 5 aromatic carbocycles. The molecule has 0 fully saturated rings. The minimum atomic E-state index is 0.875. The fraction of sp³-hybridized carbons (Fsp3) is 0.0233. The van der Waals surface area contributed by atoms with Crippen LogP contribution in [0.1, 0.15) is 10.4 Å². The van der Waals surface area contributed by atoms with E-state index in [-0.39, 0.29) is 0 Å². The van der Waals surface area contributed by atoms with Crippen molar-refractivity contribution in [3.8, 4) is 39.3 Å². The van der Waals surface area contributed by atoms with Gasteiger partial charge in [0, 0.05) is 32.0 Å². The summed E-state index contributed by atoms with van der Waals surface area (Å²) in [6.07, 6.45) is 6.13. The van der Waals surface area contributed by atoms with Crippen molar-refractivity contribution < 1.29 is 0 Å². The molecule has 1 aliphatic carbocycles. The molecule has 3 nitrogen and oxygen atoms in total. The van der Waals surface area contributed by atoms with E-state index in [0.29, 0.717) is 0 Å². The highest BCUT2D eigenvalue weighted by atomic mass is 32.1. The smallest absolute Gasteiger partial charge is 0.138 e. The van der Waals surface area contributed by atoms with E-state index < -0.39 is 0 Å². The number of allylic oxidation sites excluding steroid dienone is 2. The molecule has 0 amide bonds. The normalized spacial score (nSPS) is 12.4. The number of aryl methyl sites for hydroxylation is 1. The molecule has 4 heterocycles. The summed E-state index contributed by atoms with van der Waals surface area (Å²) in [6.45, 7) is 6.21. The minimum Gasteiger partial charge on any atom is -0.292 e. The molecule has 0 atom stereocenters. The van der Waals surface area contributed by atoms with Gasteiger partial charge in [-0.3, -0.25) is 4.57 Å². The summed E-state index contributed by atoms with van der Waals surface area (Å²) in [4.78, 5) is 11.6. The third-order valence-corrected chi connectivity index (χ3v) is 10.8. The van der Waals surface area contributed by atoms with E-state index in [0.717, 1.165) is 33.6 Å². The number of pyridine rings is 2. The Balaban J connectivity index is 1.39. The number of rotatable bonds is 4. The SMILES string of the molecule is C=C/C=C\c1c(C)sc2c1c1cccc3c1c1c4c(cccc4n(-c4ccc5nc(-c6ccccc6)ccc5n4)c21)-c1ccccc1-3. The number of benzene rings is 5. The van der Waals surface area contributed by atoms with E-state index >= 15 is 0 Å². The van der Waals surface area contributed by atoms with E-state index in [2.05, 4.69) is 127 Å². The summed E-state index contributed by atoms with van der Waals surface area (Å²) in [5.74, 6) is 0.894. The molecule has 0 N–H and O–H groups in total. The molecule has 0 unspecified atom stereocenters. The van der Waals surface area contributed by atoms with Gasteiger partial charge in [0.1, 0.15) is 5.82 Å². The molecule has 4 heteroatoms. The molecule has 47 heavy (non-hydrogen) atoms.